The van der Waals surface area contributed by atoms with Gasteiger partial charge in [0, 0.05) is 12.5 Å². The summed E-state index contributed by atoms with van der Waals surface area (Å²) in [5.41, 5.74) is 0.621. The molecule has 0 aliphatic rings. The monoisotopic (exact) mass is 401 g/mol. The van der Waals surface area contributed by atoms with Crippen LogP contribution in [0.3, 0.4) is 0 Å². The fraction of sp³-hybridized carbons (Fsp3) is 0.211. The average Bonchev–Trinajstić information content (AvgIpc) is 3.23. The molecule has 0 radical (unpaired) electrons. The predicted molar refractivity (Wildman–Crippen MR) is 97.5 cm³/mol. The van der Waals surface area contributed by atoms with Crippen LogP contribution in [0.2, 0.25) is 0 Å². The van der Waals surface area contributed by atoms with Crippen LogP contribution in [0.1, 0.15) is 18.5 Å². The number of carbonyl (C=O) groups excluding carboxylic acids is 2. The highest BCUT2D eigenvalue weighted by molar-refractivity contribution is 5.95. The number of tetrazole rings is 1. The summed E-state index contributed by atoms with van der Waals surface area (Å²) < 4.78 is 33.2. The third kappa shape index (κ3) is 5.18. The minimum Gasteiger partial charge on any atom is -0.451 e. The van der Waals surface area contributed by atoms with Gasteiger partial charge in [-0.2, -0.15) is 0 Å². The molecule has 0 unspecified atom stereocenters. The molecule has 1 N–H and O–H groups in total. The van der Waals surface area contributed by atoms with E-state index in [1.165, 1.54) is 17.9 Å². The van der Waals surface area contributed by atoms with E-state index in [0.717, 1.165) is 17.7 Å². The molecule has 0 aliphatic carbocycles. The number of hydrogen-bond acceptors (Lipinski definition) is 6. The van der Waals surface area contributed by atoms with E-state index in [0.29, 0.717) is 6.07 Å². The number of anilines is 1. The van der Waals surface area contributed by atoms with Crippen LogP contribution in [0.4, 0.5) is 14.5 Å². The first-order valence-electron chi connectivity index (χ1n) is 8.67. The number of rotatable bonds is 7. The van der Waals surface area contributed by atoms with Crippen molar-refractivity contribution >= 4 is 17.6 Å². The second kappa shape index (κ2) is 9.00. The van der Waals surface area contributed by atoms with Gasteiger partial charge in [-0.3, -0.25) is 4.79 Å². The Kier molecular flexibility index (Phi) is 6.22. The Balaban J connectivity index is 1.68. The summed E-state index contributed by atoms with van der Waals surface area (Å²) in [7, 11) is 0. The number of amides is 1. The minimum atomic E-state index is -1.23. The second-order valence-electron chi connectivity index (χ2n) is 6.19. The standard InChI is InChI=1S/C19H17F2N5O3/c1-12(18(27)23-16-8-7-14(20)10-15(16)21)29-19(28)17(26-11-22-24-25-26)9-13-5-3-2-4-6-13/h2-8,10-12,17H,9H2,1H3,(H,23,27)/t12-,17-/m0/s1. The third-order valence-corrected chi connectivity index (χ3v) is 4.08. The molecule has 29 heavy (non-hydrogen) atoms. The van der Waals surface area contributed by atoms with Crippen molar-refractivity contribution in [2.45, 2.75) is 25.5 Å². The zero-order valence-electron chi connectivity index (χ0n) is 15.3. The molecule has 0 aliphatic heterocycles. The molecule has 3 rings (SSSR count). The third-order valence-electron chi connectivity index (χ3n) is 4.08. The van der Waals surface area contributed by atoms with Gasteiger partial charge < -0.3 is 10.1 Å². The van der Waals surface area contributed by atoms with Crippen LogP contribution in [0.25, 0.3) is 0 Å². The number of nitrogens with one attached hydrogen (secondary N) is 1. The Morgan fingerprint density at radius 1 is 1.17 bits per heavy atom. The number of benzene rings is 2. The minimum absolute atomic E-state index is 0.222. The van der Waals surface area contributed by atoms with E-state index in [1.807, 2.05) is 30.3 Å². The summed E-state index contributed by atoms with van der Waals surface area (Å²) in [5, 5.41) is 13.1. The summed E-state index contributed by atoms with van der Waals surface area (Å²) >= 11 is 0. The molecule has 1 amide bonds. The molecule has 1 aromatic heterocycles. The molecule has 3 aromatic rings. The number of esters is 1. The molecule has 0 saturated carbocycles. The van der Waals surface area contributed by atoms with Crippen molar-refractivity contribution in [2.75, 3.05) is 5.32 Å². The number of ether oxygens (including phenoxy) is 1. The van der Waals surface area contributed by atoms with Gasteiger partial charge in [-0.05, 0) is 35.0 Å². The van der Waals surface area contributed by atoms with Gasteiger partial charge in [0.2, 0.25) is 0 Å². The summed E-state index contributed by atoms with van der Waals surface area (Å²) in [4.78, 5) is 24.9. The van der Waals surface area contributed by atoms with E-state index in [-0.39, 0.29) is 12.1 Å². The van der Waals surface area contributed by atoms with E-state index in [2.05, 4.69) is 20.8 Å². The summed E-state index contributed by atoms with van der Waals surface area (Å²) in [6.45, 7) is 1.34. The van der Waals surface area contributed by atoms with Crippen molar-refractivity contribution in [2.24, 2.45) is 0 Å². The first-order chi connectivity index (χ1) is 13.9. The van der Waals surface area contributed by atoms with Crippen molar-refractivity contribution in [1.82, 2.24) is 20.2 Å². The van der Waals surface area contributed by atoms with Crippen molar-refractivity contribution in [3.05, 3.63) is 72.1 Å². The van der Waals surface area contributed by atoms with Gasteiger partial charge >= 0.3 is 5.97 Å². The predicted octanol–water partition coefficient (Wildman–Crippen LogP) is 2.31. The first kappa shape index (κ1) is 20.1. The molecule has 0 spiro atoms. The Morgan fingerprint density at radius 2 is 1.93 bits per heavy atom. The molecule has 0 saturated heterocycles. The fourth-order valence-corrected chi connectivity index (χ4v) is 2.56. The summed E-state index contributed by atoms with van der Waals surface area (Å²) in [6, 6.07) is 11.0. The number of aromatic nitrogens is 4. The zero-order chi connectivity index (χ0) is 20.8. The van der Waals surface area contributed by atoms with Gasteiger partial charge in [-0.1, -0.05) is 30.3 Å². The zero-order valence-corrected chi connectivity index (χ0v) is 15.3. The lowest BCUT2D eigenvalue weighted by atomic mass is 10.1. The molecule has 0 bridgehead atoms. The maximum absolute atomic E-state index is 13.7. The normalized spacial score (nSPS) is 12.8. The van der Waals surface area contributed by atoms with Gasteiger partial charge in [0.05, 0.1) is 5.69 Å². The maximum atomic E-state index is 13.7. The number of hydrogen-bond donors (Lipinski definition) is 1. The molecule has 2 aromatic carbocycles. The van der Waals surface area contributed by atoms with Crippen molar-refractivity contribution in [1.29, 1.82) is 0 Å². The van der Waals surface area contributed by atoms with Gasteiger partial charge in [0.25, 0.3) is 5.91 Å². The molecular weight excluding hydrogens is 384 g/mol. The molecule has 150 valence electrons. The quantitative estimate of drug-likeness (QED) is 0.610. The lowest BCUT2D eigenvalue weighted by Crippen LogP contribution is -2.34. The SMILES string of the molecule is C[C@H](OC(=O)[C@H](Cc1ccccc1)n1cnnn1)C(=O)Nc1ccc(F)cc1F. The molecule has 1 heterocycles. The Morgan fingerprint density at radius 3 is 2.59 bits per heavy atom. The average molecular weight is 401 g/mol. The van der Waals surface area contributed by atoms with Gasteiger partial charge in [0.1, 0.15) is 18.0 Å². The van der Waals surface area contributed by atoms with Crippen LogP contribution < -0.4 is 5.32 Å². The van der Waals surface area contributed by atoms with E-state index >= 15 is 0 Å². The Bertz CT molecular complexity index is 983. The molecule has 10 heteroatoms. The number of nitrogens with zero attached hydrogens (tertiary/aromatic N) is 4. The smallest absolute Gasteiger partial charge is 0.332 e. The van der Waals surface area contributed by atoms with E-state index in [9.17, 15) is 18.4 Å². The van der Waals surface area contributed by atoms with Crippen molar-refractivity contribution < 1.29 is 23.1 Å². The highest BCUT2D eigenvalue weighted by Crippen LogP contribution is 2.18. The van der Waals surface area contributed by atoms with Gasteiger partial charge in [0.15, 0.2) is 12.1 Å². The first-order valence-corrected chi connectivity index (χ1v) is 8.67. The maximum Gasteiger partial charge on any atom is 0.332 e. The summed E-state index contributed by atoms with van der Waals surface area (Å²) in [5.74, 6) is -3.21. The van der Waals surface area contributed by atoms with E-state index in [1.54, 1.807) is 0 Å². The van der Waals surface area contributed by atoms with Gasteiger partial charge in [-0.25, -0.2) is 18.3 Å². The van der Waals surface area contributed by atoms with Crippen LogP contribution >= 0.6 is 0 Å². The molecular formula is C19H17F2N5O3. The van der Waals surface area contributed by atoms with Crippen LogP contribution in [0.5, 0.6) is 0 Å². The lowest BCUT2D eigenvalue weighted by Gasteiger charge is -2.19. The topological polar surface area (TPSA) is 99.0 Å². The van der Waals surface area contributed by atoms with E-state index < -0.39 is 35.7 Å². The Labute approximate surface area is 164 Å². The number of halogens is 2. The molecule has 2 atom stereocenters. The fourth-order valence-electron chi connectivity index (χ4n) is 2.56. The van der Waals surface area contributed by atoms with Crippen LogP contribution in [0.15, 0.2) is 54.9 Å². The molecule has 0 fully saturated rings. The highest BCUT2D eigenvalue weighted by Gasteiger charge is 2.28. The largest absolute Gasteiger partial charge is 0.451 e. The van der Waals surface area contributed by atoms with Crippen molar-refractivity contribution in [3.63, 3.8) is 0 Å². The highest BCUT2D eigenvalue weighted by atomic mass is 19.1. The Hall–Kier alpha value is -3.69. The van der Waals surface area contributed by atoms with Crippen LogP contribution in [-0.2, 0) is 20.7 Å². The number of carbonyl (C=O) groups is 2. The lowest BCUT2D eigenvalue weighted by molar-refractivity contribution is -0.156. The van der Waals surface area contributed by atoms with Crippen LogP contribution in [-0.4, -0.2) is 38.2 Å². The van der Waals surface area contributed by atoms with Crippen molar-refractivity contribution in [3.8, 4) is 0 Å². The van der Waals surface area contributed by atoms with E-state index in [4.69, 9.17) is 4.74 Å². The molecule has 8 nitrogen and oxygen atoms in total. The van der Waals surface area contributed by atoms with Gasteiger partial charge in [-0.15, -0.1) is 5.10 Å². The van der Waals surface area contributed by atoms with Crippen LogP contribution in [0, 0.1) is 11.6 Å². The summed E-state index contributed by atoms with van der Waals surface area (Å²) in [6.07, 6.45) is 0.279. The second-order valence-corrected chi connectivity index (χ2v) is 6.19.